The number of ether oxygens (including phenoxy) is 1. The molecule has 1 aromatic heterocycles. The van der Waals surface area contributed by atoms with Gasteiger partial charge in [0.15, 0.2) is 0 Å². The summed E-state index contributed by atoms with van der Waals surface area (Å²) in [5.74, 6) is 0.330. The molecule has 1 fully saturated rings. The summed E-state index contributed by atoms with van der Waals surface area (Å²) in [5, 5.41) is 7.04. The summed E-state index contributed by atoms with van der Waals surface area (Å²) in [4.78, 5) is 14.2. The van der Waals surface area contributed by atoms with E-state index < -0.39 is 10.0 Å². The normalized spacial score (nSPS) is 16.1. The number of piperidine rings is 1. The van der Waals surface area contributed by atoms with Crippen molar-refractivity contribution in [3.05, 3.63) is 46.7 Å². The first-order valence-electron chi connectivity index (χ1n) is 8.89. The third-order valence-electron chi connectivity index (χ3n) is 4.66. The van der Waals surface area contributed by atoms with E-state index in [4.69, 9.17) is 16.3 Å². The van der Waals surface area contributed by atoms with Crippen LogP contribution in [0.3, 0.4) is 0 Å². The average Bonchev–Trinajstić information content (AvgIpc) is 3.15. The van der Waals surface area contributed by atoms with Crippen molar-refractivity contribution >= 4 is 27.5 Å². The number of halogens is 1. The fraction of sp³-hybridized carbons (Fsp3) is 0.444. The molecular formula is C18H23ClN4O4S. The number of carbonyl (C=O) groups is 1. The minimum Gasteiger partial charge on any atom is -0.489 e. The van der Waals surface area contributed by atoms with Crippen molar-refractivity contribution < 1.29 is 17.9 Å². The number of benzene rings is 1. The highest BCUT2D eigenvalue weighted by Gasteiger charge is 2.26. The first kappa shape index (κ1) is 20.6. The summed E-state index contributed by atoms with van der Waals surface area (Å²) in [6, 6.07) is 6.76. The Labute approximate surface area is 169 Å². The van der Waals surface area contributed by atoms with Crippen LogP contribution in [-0.4, -0.2) is 66.2 Å². The number of nitrogens with zero attached hydrogens (tertiary/aromatic N) is 3. The lowest BCUT2D eigenvalue weighted by Crippen LogP contribution is -2.41. The first-order valence-corrected chi connectivity index (χ1v) is 11.1. The Balaban J connectivity index is 1.60. The van der Waals surface area contributed by atoms with Crippen LogP contribution in [0.25, 0.3) is 0 Å². The average molecular weight is 427 g/mol. The van der Waals surface area contributed by atoms with E-state index in [1.54, 1.807) is 36.3 Å². The lowest BCUT2D eigenvalue weighted by Gasteiger charge is -2.30. The molecule has 1 aromatic carbocycles. The Morgan fingerprint density at radius 3 is 2.64 bits per heavy atom. The molecule has 10 heteroatoms. The van der Waals surface area contributed by atoms with Gasteiger partial charge in [-0.2, -0.15) is 5.10 Å². The number of carbonyl (C=O) groups excluding carboxylic acids is 1. The van der Waals surface area contributed by atoms with E-state index in [9.17, 15) is 13.2 Å². The van der Waals surface area contributed by atoms with E-state index in [0.29, 0.717) is 48.8 Å². The van der Waals surface area contributed by atoms with Crippen LogP contribution in [0.2, 0.25) is 5.02 Å². The molecule has 1 aliphatic heterocycles. The molecule has 3 rings (SSSR count). The summed E-state index contributed by atoms with van der Waals surface area (Å²) >= 11 is 6.32. The van der Waals surface area contributed by atoms with Gasteiger partial charge in [-0.05, 0) is 37.1 Å². The Hall–Kier alpha value is -2.10. The van der Waals surface area contributed by atoms with Crippen LogP contribution in [0.5, 0.6) is 5.75 Å². The minimum absolute atomic E-state index is 0.111. The van der Waals surface area contributed by atoms with Gasteiger partial charge in [-0.25, -0.2) is 12.7 Å². The lowest BCUT2D eigenvalue weighted by molar-refractivity contribution is 0.0783. The van der Waals surface area contributed by atoms with Gasteiger partial charge in [-0.15, -0.1) is 0 Å². The molecule has 0 spiro atoms. The van der Waals surface area contributed by atoms with E-state index in [1.165, 1.54) is 10.6 Å². The lowest BCUT2D eigenvalue weighted by atomic mass is 10.1. The Kier molecular flexibility index (Phi) is 6.26. The molecule has 8 nitrogen and oxygen atoms in total. The smallest absolute Gasteiger partial charge is 0.254 e. The second kappa shape index (κ2) is 8.50. The fourth-order valence-electron chi connectivity index (χ4n) is 3.11. The predicted octanol–water partition coefficient (Wildman–Crippen LogP) is 2.14. The number of amides is 1. The third-order valence-corrected chi connectivity index (χ3v) is 6.25. The van der Waals surface area contributed by atoms with Gasteiger partial charge in [-0.1, -0.05) is 11.6 Å². The maximum Gasteiger partial charge on any atom is 0.254 e. The van der Waals surface area contributed by atoms with Crippen molar-refractivity contribution in [2.45, 2.75) is 25.5 Å². The van der Waals surface area contributed by atoms with Crippen LogP contribution >= 0.6 is 11.6 Å². The van der Waals surface area contributed by atoms with E-state index in [0.717, 1.165) is 5.69 Å². The molecular weight excluding hydrogens is 404 g/mol. The van der Waals surface area contributed by atoms with Crippen LogP contribution in [0.15, 0.2) is 30.5 Å². The number of hydrogen-bond donors (Lipinski definition) is 1. The van der Waals surface area contributed by atoms with Gasteiger partial charge in [0.1, 0.15) is 11.9 Å². The monoisotopic (exact) mass is 426 g/mol. The van der Waals surface area contributed by atoms with E-state index in [-0.39, 0.29) is 12.0 Å². The second-order valence-corrected chi connectivity index (χ2v) is 9.26. The summed E-state index contributed by atoms with van der Waals surface area (Å²) in [5.41, 5.74) is 1.30. The maximum atomic E-state index is 12.6. The summed E-state index contributed by atoms with van der Waals surface area (Å²) in [7, 11) is -1.46. The third kappa shape index (κ3) is 5.03. The van der Waals surface area contributed by atoms with Gasteiger partial charge >= 0.3 is 0 Å². The molecule has 0 aliphatic carbocycles. The minimum atomic E-state index is -3.17. The molecule has 1 amide bonds. The zero-order valence-corrected chi connectivity index (χ0v) is 17.3. The van der Waals surface area contributed by atoms with Crippen molar-refractivity contribution in [3.63, 3.8) is 0 Å². The summed E-state index contributed by atoms with van der Waals surface area (Å²) in [6.45, 7) is 1.26. The Morgan fingerprint density at radius 1 is 1.36 bits per heavy atom. The molecule has 28 heavy (non-hydrogen) atoms. The van der Waals surface area contributed by atoms with Crippen LogP contribution in [0.4, 0.5) is 0 Å². The van der Waals surface area contributed by atoms with Crippen molar-refractivity contribution in [3.8, 4) is 5.75 Å². The molecule has 1 saturated heterocycles. The van der Waals surface area contributed by atoms with E-state index >= 15 is 0 Å². The topological polar surface area (TPSA) is 95.6 Å². The maximum absolute atomic E-state index is 12.6. The molecule has 152 valence electrons. The van der Waals surface area contributed by atoms with Crippen molar-refractivity contribution in [1.82, 2.24) is 19.4 Å². The zero-order valence-electron chi connectivity index (χ0n) is 15.8. The quantitative estimate of drug-likeness (QED) is 0.763. The fourth-order valence-corrected chi connectivity index (χ4v) is 4.21. The van der Waals surface area contributed by atoms with Gasteiger partial charge in [0, 0.05) is 31.9 Å². The number of sulfonamides is 1. The number of rotatable bonds is 6. The molecule has 2 aromatic rings. The standard InChI is InChI=1S/C18H23ClN4O4S/c1-22(12-14-5-8-20-21-14)18(24)13-3-4-17(16(19)11-13)27-15-6-9-23(10-7-15)28(2,25)26/h3-5,8,11,15H,6-7,9-10,12H2,1-2H3,(H,20,21). The second-order valence-electron chi connectivity index (χ2n) is 6.87. The number of aromatic nitrogens is 2. The van der Waals surface area contributed by atoms with E-state index in [1.807, 2.05) is 6.07 Å². The SMILES string of the molecule is CN(Cc1ccn[nH]1)C(=O)c1ccc(OC2CCN(S(C)(=O)=O)CC2)c(Cl)c1. The van der Waals surface area contributed by atoms with Gasteiger partial charge in [0.2, 0.25) is 10.0 Å². The van der Waals surface area contributed by atoms with Gasteiger partial charge in [0.05, 0.1) is 23.5 Å². The zero-order chi connectivity index (χ0) is 20.3. The van der Waals surface area contributed by atoms with Gasteiger partial charge in [-0.3, -0.25) is 9.89 Å². The van der Waals surface area contributed by atoms with Crippen LogP contribution in [0, 0.1) is 0 Å². The highest BCUT2D eigenvalue weighted by molar-refractivity contribution is 7.88. The molecule has 1 aliphatic rings. The van der Waals surface area contributed by atoms with Crippen LogP contribution < -0.4 is 4.74 Å². The first-order chi connectivity index (χ1) is 13.2. The van der Waals surface area contributed by atoms with Crippen molar-refractivity contribution in [2.24, 2.45) is 0 Å². The predicted molar refractivity (Wildman–Crippen MR) is 106 cm³/mol. The molecule has 0 atom stereocenters. The molecule has 1 N–H and O–H groups in total. The highest BCUT2D eigenvalue weighted by Crippen LogP contribution is 2.29. The highest BCUT2D eigenvalue weighted by atomic mass is 35.5. The van der Waals surface area contributed by atoms with Crippen LogP contribution in [0.1, 0.15) is 28.9 Å². The van der Waals surface area contributed by atoms with Crippen LogP contribution in [-0.2, 0) is 16.6 Å². The van der Waals surface area contributed by atoms with Crippen molar-refractivity contribution in [1.29, 1.82) is 0 Å². The summed E-state index contributed by atoms with van der Waals surface area (Å²) in [6.07, 6.45) is 3.93. The number of nitrogens with one attached hydrogen (secondary N) is 1. The van der Waals surface area contributed by atoms with Gasteiger partial charge < -0.3 is 9.64 Å². The summed E-state index contributed by atoms with van der Waals surface area (Å²) < 4.78 is 30.6. The van der Waals surface area contributed by atoms with Gasteiger partial charge in [0.25, 0.3) is 5.91 Å². The number of aromatic amines is 1. The molecule has 0 unspecified atom stereocenters. The molecule has 0 bridgehead atoms. The Bertz CT molecular complexity index is 925. The largest absolute Gasteiger partial charge is 0.489 e. The Morgan fingerprint density at radius 2 is 2.07 bits per heavy atom. The van der Waals surface area contributed by atoms with E-state index in [2.05, 4.69) is 10.2 Å². The molecule has 2 heterocycles. The number of hydrogen-bond acceptors (Lipinski definition) is 5. The number of H-pyrrole nitrogens is 1. The van der Waals surface area contributed by atoms with Crippen molar-refractivity contribution in [2.75, 3.05) is 26.4 Å². The molecule has 0 radical (unpaired) electrons. The molecule has 0 saturated carbocycles.